The molecule has 3 aromatic rings. The molecule has 0 amide bonds. The van der Waals surface area contributed by atoms with Crippen LogP contribution in [0.4, 0.5) is 0 Å². The van der Waals surface area contributed by atoms with Crippen LogP contribution in [-0.4, -0.2) is 10.2 Å². The topological polar surface area (TPSA) is 40.5 Å². The second-order valence-corrected chi connectivity index (χ2v) is 6.81. The molecule has 2 heteroatoms. The Balaban J connectivity index is 0.000000212. The van der Waals surface area contributed by atoms with Crippen molar-refractivity contribution in [2.45, 2.75) is 33.1 Å². The van der Waals surface area contributed by atoms with Crippen molar-refractivity contribution in [1.29, 1.82) is 0 Å². The van der Waals surface area contributed by atoms with Crippen LogP contribution >= 0.6 is 0 Å². The van der Waals surface area contributed by atoms with Gasteiger partial charge < -0.3 is 10.2 Å². The van der Waals surface area contributed by atoms with Crippen molar-refractivity contribution >= 4 is 0 Å². The number of phenolic OH excluding ortho intramolecular Hbond substituents is 2. The molecule has 0 heterocycles. The predicted octanol–water partition coefficient (Wildman–Crippen LogP) is 5.73. The molecule has 3 rings (SSSR count). The molecule has 0 fully saturated rings. The first-order valence-corrected chi connectivity index (χ1v) is 8.42. The molecule has 3 aromatic carbocycles. The maximum Gasteiger partial charge on any atom is 0.115 e. The first kappa shape index (κ1) is 18.6. The normalized spacial score (nSPS) is 10.7. The summed E-state index contributed by atoms with van der Waals surface area (Å²) in [5, 5.41) is 18.2. The fourth-order valence-electron chi connectivity index (χ4n) is 2.63. The number of hydrogen-bond donors (Lipinski definition) is 2. The Morgan fingerprint density at radius 3 is 1.64 bits per heavy atom. The second kappa shape index (κ2) is 7.89. The summed E-state index contributed by atoms with van der Waals surface area (Å²) in [6, 6.07) is 23.2. The summed E-state index contributed by atoms with van der Waals surface area (Å²) >= 11 is 0. The third kappa shape index (κ3) is 4.87. The molecule has 0 saturated heterocycles. The van der Waals surface area contributed by atoms with Crippen molar-refractivity contribution in [2.24, 2.45) is 0 Å². The monoisotopic (exact) mass is 334 g/mol. The number of rotatable bonds is 2. The zero-order chi connectivity index (χ0) is 18.4. The average molecular weight is 334 g/mol. The van der Waals surface area contributed by atoms with Gasteiger partial charge in [0.1, 0.15) is 11.5 Å². The largest absolute Gasteiger partial charge is 0.508 e. The lowest BCUT2D eigenvalue weighted by molar-refractivity contribution is 0.474. The van der Waals surface area contributed by atoms with Crippen molar-refractivity contribution in [3.05, 3.63) is 95.1 Å². The highest BCUT2D eigenvalue weighted by Gasteiger charge is 2.22. The fraction of sp³-hybridized carbons (Fsp3) is 0.217. The van der Waals surface area contributed by atoms with E-state index in [1.807, 2.05) is 38.1 Å². The predicted molar refractivity (Wildman–Crippen MR) is 104 cm³/mol. The highest BCUT2D eigenvalue weighted by atomic mass is 16.3. The molecule has 130 valence electrons. The second-order valence-electron chi connectivity index (χ2n) is 6.81. The van der Waals surface area contributed by atoms with E-state index in [1.165, 1.54) is 16.7 Å². The Labute approximate surface area is 150 Å². The van der Waals surface area contributed by atoms with Crippen LogP contribution in [0.3, 0.4) is 0 Å². The summed E-state index contributed by atoms with van der Waals surface area (Å²) in [4.78, 5) is 0. The highest BCUT2D eigenvalue weighted by molar-refractivity contribution is 5.39. The smallest absolute Gasteiger partial charge is 0.115 e. The van der Waals surface area contributed by atoms with Crippen LogP contribution in [0.2, 0.25) is 0 Å². The van der Waals surface area contributed by atoms with E-state index in [4.69, 9.17) is 5.11 Å². The van der Waals surface area contributed by atoms with Gasteiger partial charge in [0.15, 0.2) is 0 Å². The van der Waals surface area contributed by atoms with Gasteiger partial charge in [-0.3, -0.25) is 0 Å². The van der Waals surface area contributed by atoms with E-state index in [1.54, 1.807) is 24.3 Å². The minimum absolute atomic E-state index is 0.0328. The van der Waals surface area contributed by atoms with Gasteiger partial charge in [0, 0.05) is 5.41 Å². The third-order valence-electron chi connectivity index (χ3n) is 4.57. The average Bonchev–Trinajstić information content (AvgIpc) is 2.60. The number of aromatic hydroxyl groups is 2. The summed E-state index contributed by atoms with van der Waals surface area (Å²) in [5.41, 5.74) is 4.80. The van der Waals surface area contributed by atoms with E-state index in [9.17, 15) is 5.11 Å². The van der Waals surface area contributed by atoms with Crippen LogP contribution in [0.5, 0.6) is 11.5 Å². The molecule has 0 unspecified atom stereocenters. The van der Waals surface area contributed by atoms with E-state index >= 15 is 0 Å². The number of benzene rings is 3. The Hall–Kier alpha value is -2.74. The Bertz CT molecular complexity index is 803. The lowest BCUT2D eigenvalue weighted by Gasteiger charge is -2.26. The van der Waals surface area contributed by atoms with Crippen molar-refractivity contribution in [1.82, 2.24) is 0 Å². The summed E-state index contributed by atoms with van der Waals surface area (Å²) in [6.45, 7) is 8.38. The van der Waals surface area contributed by atoms with E-state index < -0.39 is 0 Å². The molecule has 2 nitrogen and oxygen atoms in total. The maximum atomic E-state index is 9.29. The van der Waals surface area contributed by atoms with Crippen molar-refractivity contribution in [3.63, 3.8) is 0 Å². The number of aryl methyl sites for hydroxylation is 2. The van der Waals surface area contributed by atoms with Gasteiger partial charge in [0.25, 0.3) is 0 Å². The van der Waals surface area contributed by atoms with Gasteiger partial charge in [-0.2, -0.15) is 0 Å². The minimum Gasteiger partial charge on any atom is -0.508 e. The van der Waals surface area contributed by atoms with Crippen LogP contribution in [0.25, 0.3) is 0 Å². The summed E-state index contributed by atoms with van der Waals surface area (Å²) in [7, 11) is 0. The quantitative estimate of drug-likeness (QED) is 0.628. The van der Waals surface area contributed by atoms with E-state index in [2.05, 4.69) is 38.1 Å². The summed E-state index contributed by atoms with van der Waals surface area (Å²) in [5.74, 6) is 0.658. The van der Waals surface area contributed by atoms with Crippen LogP contribution < -0.4 is 0 Å². The van der Waals surface area contributed by atoms with E-state index in [0.717, 1.165) is 5.56 Å². The highest BCUT2D eigenvalue weighted by Crippen LogP contribution is 2.31. The van der Waals surface area contributed by atoms with Crippen molar-refractivity contribution < 1.29 is 10.2 Å². The Kier molecular flexibility index (Phi) is 5.87. The van der Waals surface area contributed by atoms with Gasteiger partial charge in [-0.15, -0.1) is 0 Å². The Morgan fingerprint density at radius 2 is 1.12 bits per heavy atom. The molecule has 0 aliphatic carbocycles. The molecular weight excluding hydrogens is 308 g/mol. The van der Waals surface area contributed by atoms with Gasteiger partial charge in [-0.1, -0.05) is 62.4 Å². The minimum atomic E-state index is -0.0328. The first-order valence-electron chi connectivity index (χ1n) is 8.42. The number of phenols is 2. The zero-order valence-electron chi connectivity index (χ0n) is 15.3. The summed E-state index contributed by atoms with van der Waals surface area (Å²) in [6.07, 6.45) is 0. The van der Waals surface area contributed by atoms with Crippen LogP contribution in [0.1, 0.15) is 36.1 Å². The molecule has 25 heavy (non-hydrogen) atoms. The lowest BCUT2D eigenvalue weighted by atomic mass is 9.78. The van der Waals surface area contributed by atoms with Gasteiger partial charge >= 0.3 is 0 Å². The first-order chi connectivity index (χ1) is 11.8. The Morgan fingerprint density at radius 1 is 0.600 bits per heavy atom. The zero-order valence-corrected chi connectivity index (χ0v) is 15.3. The molecule has 0 bridgehead atoms. The standard InChI is InChI=1S/C15H16O.C8H10O/c1-15(2,12-6-4-3-5-7-12)13-8-10-14(16)11-9-13;1-6-3-4-8(9)5-7(6)2/h3-11,16H,1-2H3;3-5,9H,1-2H3. The van der Waals surface area contributed by atoms with Gasteiger partial charge in [-0.25, -0.2) is 0 Å². The van der Waals surface area contributed by atoms with Gasteiger partial charge in [-0.05, 0) is 60.4 Å². The molecule has 2 N–H and O–H groups in total. The molecule has 0 aliphatic heterocycles. The molecule has 0 radical (unpaired) electrons. The molecule has 0 aromatic heterocycles. The molecule has 0 spiro atoms. The number of hydrogen-bond acceptors (Lipinski definition) is 2. The molecule has 0 saturated carbocycles. The maximum absolute atomic E-state index is 9.29. The molecule has 0 atom stereocenters. The van der Waals surface area contributed by atoms with Crippen LogP contribution in [0, 0.1) is 13.8 Å². The van der Waals surface area contributed by atoms with Gasteiger partial charge in [0.2, 0.25) is 0 Å². The fourth-order valence-corrected chi connectivity index (χ4v) is 2.63. The molecular formula is C23H26O2. The van der Waals surface area contributed by atoms with Gasteiger partial charge in [0.05, 0.1) is 0 Å². The van der Waals surface area contributed by atoms with Crippen LogP contribution in [0.15, 0.2) is 72.8 Å². The van der Waals surface area contributed by atoms with Crippen LogP contribution in [-0.2, 0) is 5.41 Å². The summed E-state index contributed by atoms with van der Waals surface area (Å²) < 4.78 is 0. The van der Waals surface area contributed by atoms with Crippen molar-refractivity contribution in [3.8, 4) is 11.5 Å². The lowest BCUT2D eigenvalue weighted by Crippen LogP contribution is -2.18. The SMILES string of the molecule is CC(C)(c1ccccc1)c1ccc(O)cc1.Cc1ccc(O)cc1C. The molecule has 0 aliphatic rings. The van der Waals surface area contributed by atoms with E-state index in [0.29, 0.717) is 11.5 Å². The third-order valence-corrected chi connectivity index (χ3v) is 4.57. The van der Waals surface area contributed by atoms with E-state index in [-0.39, 0.29) is 5.41 Å². The van der Waals surface area contributed by atoms with Crippen molar-refractivity contribution in [2.75, 3.05) is 0 Å².